The molecule has 0 aromatic rings. The van der Waals surface area contributed by atoms with E-state index >= 15 is 0 Å². The lowest BCUT2D eigenvalue weighted by Crippen LogP contribution is -2.52. The number of carboxylic acids is 1. The summed E-state index contributed by atoms with van der Waals surface area (Å²) in [4.78, 5) is 25.5. The van der Waals surface area contributed by atoms with Crippen molar-refractivity contribution in [3.63, 3.8) is 0 Å². The SMILES string of the molecule is CC1(C(=O)O)COCC1NC(=O)CN1CCCNCC1. The zero-order valence-corrected chi connectivity index (χ0v) is 11.9. The monoisotopic (exact) mass is 285 g/mol. The summed E-state index contributed by atoms with van der Waals surface area (Å²) in [5.41, 5.74) is -1.03. The Hall–Kier alpha value is -1.18. The lowest BCUT2D eigenvalue weighted by Gasteiger charge is -2.27. The van der Waals surface area contributed by atoms with E-state index in [1.165, 1.54) is 0 Å². The highest BCUT2D eigenvalue weighted by Gasteiger charge is 2.47. The molecule has 0 aromatic heterocycles. The van der Waals surface area contributed by atoms with E-state index in [9.17, 15) is 14.7 Å². The van der Waals surface area contributed by atoms with Crippen LogP contribution in [0.15, 0.2) is 0 Å². The molecule has 2 aliphatic rings. The topological polar surface area (TPSA) is 90.9 Å². The van der Waals surface area contributed by atoms with Gasteiger partial charge in [0.1, 0.15) is 5.41 Å². The van der Waals surface area contributed by atoms with Gasteiger partial charge in [-0.2, -0.15) is 0 Å². The van der Waals surface area contributed by atoms with E-state index < -0.39 is 17.4 Å². The fraction of sp³-hybridized carbons (Fsp3) is 0.846. The normalized spacial score (nSPS) is 31.8. The molecule has 3 N–H and O–H groups in total. The summed E-state index contributed by atoms with van der Waals surface area (Å²) in [6.07, 6.45) is 1.02. The lowest BCUT2D eigenvalue weighted by molar-refractivity contribution is -0.149. The van der Waals surface area contributed by atoms with E-state index in [1.54, 1.807) is 6.92 Å². The van der Waals surface area contributed by atoms with Crippen molar-refractivity contribution in [2.24, 2.45) is 5.41 Å². The number of carbonyl (C=O) groups excluding carboxylic acids is 1. The number of ether oxygens (including phenoxy) is 1. The molecular formula is C13H23N3O4. The van der Waals surface area contributed by atoms with E-state index in [0.717, 1.165) is 32.6 Å². The van der Waals surface area contributed by atoms with Crippen LogP contribution in [0.25, 0.3) is 0 Å². The van der Waals surface area contributed by atoms with Crippen molar-refractivity contribution in [2.45, 2.75) is 19.4 Å². The molecule has 20 heavy (non-hydrogen) atoms. The van der Waals surface area contributed by atoms with Crippen molar-refractivity contribution in [1.82, 2.24) is 15.5 Å². The summed E-state index contributed by atoms with van der Waals surface area (Å²) >= 11 is 0. The molecule has 2 saturated heterocycles. The van der Waals surface area contributed by atoms with Gasteiger partial charge in [0.2, 0.25) is 5.91 Å². The molecule has 114 valence electrons. The Morgan fingerprint density at radius 1 is 1.45 bits per heavy atom. The standard InChI is InChI=1S/C13H23N3O4/c1-13(12(18)19)9-20-8-10(13)15-11(17)7-16-5-2-3-14-4-6-16/h10,14H,2-9H2,1H3,(H,15,17)(H,18,19). The number of carbonyl (C=O) groups is 2. The second-order valence-corrected chi connectivity index (χ2v) is 5.74. The second kappa shape index (κ2) is 6.51. The van der Waals surface area contributed by atoms with Crippen LogP contribution in [-0.4, -0.2) is 73.9 Å². The summed E-state index contributed by atoms with van der Waals surface area (Å²) in [5.74, 6) is -1.06. The fourth-order valence-electron chi connectivity index (χ4n) is 2.59. The molecule has 0 bridgehead atoms. The lowest BCUT2D eigenvalue weighted by atomic mass is 9.85. The first-order valence-corrected chi connectivity index (χ1v) is 7.06. The minimum atomic E-state index is -1.03. The summed E-state index contributed by atoms with van der Waals surface area (Å²) < 4.78 is 5.23. The predicted octanol–water partition coefficient (Wildman–Crippen LogP) is -1.11. The van der Waals surface area contributed by atoms with E-state index in [0.29, 0.717) is 6.54 Å². The van der Waals surface area contributed by atoms with Crippen LogP contribution < -0.4 is 10.6 Å². The van der Waals surface area contributed by atoms with E-state index in [2.05, 4.69) is 15.5 Å². The van der Waals surface area contributed by atoms with Gasteiger partial charge in [-0.05, 0) is 26.4 Å². The molecule has 2 atom stereocenters. The van der Waals surface area contributed by atoms with Crippen molar-refractivity contribution >= 4 is 11.9 Å². The van der Waals surface area contributed by atoms with Gasteiger partial charge in [0.25, 0.3) is 0 Å². The first-order chi connectivity index (χ1) is 9.52. The Morgan fingerprint density at radius 2 is 2.25 bits per heavy atom. The zero-order chi connectivity index (χ0) is 14.6. The van der Waals surface area contributed by atoms with E-state index in [4.69, 9.17) is 4.74 Å². The third-order valence-corrected chi connectivity index (χ3v) is 4.08. The molecule has 7 heteroatoms. The van der Waals surface area contributed by atoms with Crippen molar-refractivity contribution in [3.8, 4) is 0 Å². The molecule has 2 fully saturated rings. The summed E-state index contributed by atoms with van der Waals surface area (Å²) in [5, 5.41) is 15.4. The maximum atomic E-state index is 12.1. The van der Waals surface area contributed by atoms with Crippen LogP contribution in [0.3, 0.4) is 0 Å². The molecule has 0 saturated carbocycles. The Kier molecular flexibility index (Phi) is 4.95. The van der Waals surface area contributed by atoms with Gasteiger partial charge in [-0.25, -0.2) is 0 Å². The number of nitrogens with one attached hydrogen (secondary N) is 2. The van der Waals surface area contributed by atoms with Gasteiger partial charge in [-0.15, -0.1) is 0 Å². The average molecular weight is 285 g/mol. The van der Waals surface area contributed by atoms with Crippen LogP contribution in [0.5, 0.6) is 0 Å². The van der Waals surface area contributed by atoms with Crippen LogP contribution in [0, 0.1) is 5.41 Å². The van der Waals surface area contributed by atoms with Crippen LogP contribution >= 0.6 is 0 Å². The highest BCUT2D eigenvalue weighted by molar-refractivity contribution is 5.81. The Balaban J connectivity index is 1.86. The van der Waals surface area contributed by atoms with Crippen LogP contribution in [0.1, 0.15) is 13.3 Å². The van der Waals surface area contributed by atoms with Gasteiger partial charge in [-0.3, -0.25) is 14.5 Å². The van der Waals surface area contributed by atoms with Gasteiger partial charge in [0.05, 0.1) is 25.8 Å². The second-order valence-electron chi connectivity index (χ2n) is 5.74. The minimum Gasteiger partial charge on any atom is -0.481 e. The molecule has 7 nitrogen and oxygen atoms in total. The first kappa shape index (κ1) is 15.2. The van der Waals surface area contributed by atoms with E-state index in [1.807, 2.05) is 0 Å². The quantitative estimate of drug-likeness (QED) is 0.607. The number of nitrogens with zero attached hydrogens (tertiary/aromatic N) is 1. The minimum absolute atomic E-state index is 0.130. The molecule has 0 radical (unpaired) electrons. The Labute approximate surface area is 118 Å². The number of aliphatic carboxylic acids is 1. The highest BCUT2D eigenvalue weighted by atomic mass is 16.5. The molecule has 0 aromatic carbocycles. The van der Waals surface area contributed by atoms with Crippen molar-refractivity contribution in [3.05, 3.63) is 0 Å². The molecule has 0 spiro atoms. The van der Waals surface area contributed by atoms with Crippen molar-refractivity contribution in [1.29, 1.82) is 0 Å². The van der Waals surface area contributed by atoms with Crippen LogP contribution in [-0.2, 0) is 14.3 Å². The van der Waals surface area contributed by atoms with Gasteiger partial charge in [0, 0.05) is 13.1 Å². The number of amides is 1. The molecule has 2 rings (SSSR count). The maximum absolute atomic E-state index is 12.1. The number of carboxylic acid groups (broad SMARTS) is 1. The molecule has 1 amide bonds. The fourth-order valence-corrected chi connectivity index (χ4v) is 2.59. The number of hydrogen-bond acceptors (Lipinski definition) is 5. The smallest absolute Gasteiger partial charge is 0.313 e. The largest absolute Gasteiger partial charge is 0.481 e. The van der Waals surface area contributed by atoms with Crippen molar-refractivity contribution < 1.29 is 19.4 Å². The summed E-state index contributed by atoms with van der Waals surface area (Å²) in [6.45, 7) is 5.91. The molecule has 0 aliphatic carbocycles. The Morgan fingerprint density at radius 3 is 3.00 bits per heavy atom. The zero-order valence-electron chi connectivity index (χ0n) is 11.9. The average Bonchev–Trinajstić information content (AvgIpc) is 2.62. The van der Waals surface area contributed by atoms with E-state index in [-0.39, 0.29) is 19.1 Å². The molecule has 2 unspecified atom stereocenters. The number of hydrogen-bond donors (Lipinski definition) is 3. The van der Waals surface area contributed by atoms with Gasteiger partial charge in [0.15, 0.2) is 0 Å². The van der Waals surface area contributed by atoms with Crippen molar-refractivity contribution in [2.75, 3.05) is 45.9 Å². The third kappa shape index (κ3) is 3.47. The van der Waals surface area contributed by atoms with Crippen LogP contribution in [0.2, 0.25) is 0 Å². The molecular weight excluding hydrogens is 262 g/mol. The van der Waals surface area contributed by atoms with Gasteiger partial charge < -0.3 is 20.5 Å². The Bertz CT molecular complexity index is 369. The maximum Gasteiger partial charge on any atom is 0.313 e. The number of rotatable bonds is 4. The van der Waals surface area contributed by atoms with Crippen LogP contribution in [0.4, 0.5) is 0 Å². The molecule has 2 aliphatic heterocycles. The molecule has 2 heterocycles. The van der Waals surface area contributed by atoms with Gasteiger partial charge in [-0.1, -0.05) is 0 Å². The summed E-state index contributed by atoms with van der Waals surface area (Å²) in [7, 11) is 0. The summed E-state index contributed by atoms with van der Waals surface area (Å²) in [6, 6.07) is -0.461. The first-order valence-electron chi connectivity index (χ1n) is 7.06. The third-order valence-electron chi connectivity index (χ3n) is 4.08. The van der Waals surface area contributed by atoms with Gasteiger partial charge >= 0.3 is 5.97 Å². The predicted molar refractivity (Wildman–Crippen MR) is 72.4 cm³/mol. The highest BCUT2D eigenvalue weighted by Crippen LogP contribution is 2.28.